The quantitative estimate of drug-likeness (QED) is 0.187. The zero-order valence-corrected chi connectivity index (χ0v) is 21.9. The van der Waals surface area contributed by atoms with Crippen LogP contribution in [0.5, 0.6) is 0 Å². The molecule has 0 unspecified atom stereocenters. The van der Waals surface area contributed by atoms with Crippen LogP contribution in [0.3, 0.4) is 0 Å². The molecule has 198 valence electrons. The molecule has 0 saturated heterocycles. The predicted molar refractivity (Wildman–Crippen MR) is 150 cm³/mol. The van der Waals surface area contributed by atoms with Gasteiger partial charge in [-0.05, 0) is 52.6 Å². The monoisotopic (exact) mass is 540 g/mol. The summed E-state index contributed by atoms with van der Waals surface area (Å²) in [4.78, 5) is 19.4. The van der Waals surface area contributed by atoms with Crippen molar-refractivity contribution >= 4 is 27.0 Å². The molecule has 0 radical (unpaired) electrons. The number of sulfonamides is 1. The van der Waals surface area contributed by atoms with E-state index in [1.165, 1.54) is 6.07 Å². The van der Waals surface area contributed by atoms with Gasteiger partial charge < -0.3 is 15.4 Å². The maximum Gasteiger partial charge on any atom is 0.305 e. The molecule has 0 aliphatic heterocycles. The fourth-order valence-corrected chi connectivity index (χ4v) is 5.73. The number of aliphatic carboxylic acids is 1. The summed E-state index contributed by atoms with van der Waals surface area (Å²) in [6, 6.07) is 30.2. The fraction of sp³-hybridized carbons (Fsp3) is 0.133. The number of benzene rings is 4. The van der Waals surface area contributed by atoms with Crippen LogP contribution in [0.2, 0.25) is 0 Å². The van der Waals surface area contributed by atoms with Crippen molar-refractivity contribution in [3.05, 3.63) is 120 Å². The van der Waals surface area contributed by atoms with E-state index in [0.29, 0.717) is 18.7 Å². The van der Waals surface area contributed by atoms with Gasteiger partial charge in [0.15, 0.2) is 0 Å². The summed E-state index contributed by atoms with van der Waals surface area (Å²) in [5, 5.41) is 12.7. The van der Waals surface area contributed by atoms with Crippen LogP contribution in [-0.2, 0) is 27.9 Å². The average molecular weight is 541 g/mol. The number of H-pyrrole nitrogens is 1. The van der Waals surface area contributed by atoms with Gasteiger partial charge in [0.1, 0.15) is 5.82 Å². The maximum atomic E-state index is 13.3. The SMILES string of the molecule is O=C(O)C[C@@H](NS(=O)(=O)c1cccc(-c2cccc(CNCc3nc4ccccc4[nH]3)c2)c1)c1ccccc1. The first-order chi connectivity index (χ1) is 18.9. The third-order valence-electron chi connectivity index (χ3n) is 6.34. The highest BCUT2D eigenvalue weighted by atomic mass is 32.2. The van der Waals surface area contributed by atoms with Gasteiger partial charge in [-0.1, -0.05) is 72.8 Å². The first-order valence-electron chi connectivity index (χ1n) is 12.5. The molecular weight excluding hydrogens is 512 g/mol. The molecule has 0 amide bonds. The third-order valence-corrected chi connectivity index (χ3v) is 7.81. The molecule has 0 spiro atoms. The normalized spacial score (nSPS) is 12.4. The minimum absolute atomic E-state index is 0.0692. The Morgan fingerprint density at radius 3 is 2.33 bits per heavy atom. The topological polar surface area (TPSA) is 124 Å². The van der Waals surface area contributed by atoms with Crippen LogP contribution in [0.1, 0.15) is 29.4 Å². The molecule has 1 atom stereocenters. The molecular formula is C30H28N4O4S. The molecule has 0 aliphatic carbocycles. The van der Waals surface area contributed by atoms with Crippen molar-refractivity contribution in [1.82, 2.24) is 20.0 Å². The lowest BCUT2D eigenvalue weighted by molar-refractivity contribution is -0.137. The van der Waals surface area contributed by atoms with E-state index < -0.39 is 22.0 Å². The molecule has 0 bridgehead atoms. The lowest BCUT2D eigenvalue weighted by Gasteiger charge is -2.18. The Bertz CT molecular complexity index is 1670. The van der Waals surface area contributed by atoms with E-state index in [0.717, 1.165) is 33.5 Å². The van der Waals surface area contributed by atoms with E-state index in [-0.39, 0.29) is 11.3 Å². The highest BCUT2D eigenvalue weighted by Crippen LogP contribution is 2.26. The molecule has 5 aromatic rings. The Morgan fingerprint density at radius 1 is 0.846 bits per heavy atom. The number of nitrogens with zero attached hydrogens (tertiary/aromatic N) is 1. The maximum absolute atomic E-state index is 13.3. The van der Waals surface area contributed by atoms with Gasteiger partial charge in [0.05, 0.1) is 34.9 Å². The third kappa shape index (κ3) is 6.58. The van der Waals surface area contributed by atoms with Crippen LogP contribution in [0, 0.1) is 0 Å². The number of carbonyl (C=O) groups is 1. The largest absolute Gasteiger partial charge is 0.481 e. The zero-order chi connectivity index (χ0) is 27.2. The van der Waals surface area contributed by atoms with Crippen molar-refractivity contribution in [2.45, 2.75) is 30.4 Å². The van der Waals surface area contributed by atoms with Crippen molar-refractivity contribution < 1.29 is 18.3 Å². The highest BCUT2D eigenvalue weighted by Gasteiger charge is 2.24. The highest BCUT2D eigenvalue weighted by molar-refractivity contribution is 7.89. The first-order valence-corrected chi connectivity index (χ1v) is 14.0. The summed E-state index contributed by atoms with van der Waals surface area (Å²) >= 11 is 0. The molecule has 4 aromatic carbocycles. The van der Waals surface area contributed by atoms with Crippen molar-refractivity contribution in [3.63, 3.8) is 0 Å². The van der Waals surface area contributed by atoms with Crippen molar-refractivity contribution in [1.29, 1.82) is 0 Å². The van der Waals surface area contributed by atoms with Gasteiger partial charge in [0.25, 0.3) is 0 Å². The fourth-order valence-electron chi connectivity index (χ4n) is 4.46. The van der Waals surface area contributed by atoms with Crippen LogP contribution in [0.4, 0.5) is 0 Å². The number of nitrogens with one attached hydrogen (secondary N) is 3. The summed E-state index contributed by atoms with van der Waals surface area (Å²) in [7, 11) is -3.99. The van der Waals surface area contributed by atoms with Gasteiger partial charge >= 0.3 is 5.97 Å². The molecule has 1 aromatic heterocycles. The number of aromatic amines is 1. The van der Waals surface area contributed by atoms with E-state index in [4.69, 9.17) is 0 Å². The predicted octanol–water partition coefficient (Wildman–Crippen LogP) is 5.01. The number of carboxylic acid groups (broad SMARTS) is 1. The van der Waals surface area contributed by atoms with Gasteiger partial charge in [0.2, 0.25) is 10.0 Å². The molecule has 0 aliphatic rings. The average Bonchev–Trinajstić information content (AvgIpc) is 3.36. The van der Waals surface area contributed by atoms with Crippen LogP contribution >= 0.6 is 0 Å². The molecule has 39 heavy (non-hydrogen) atoms. The summed E-state index contributed by atoms with van der Waals surface area (Å²) in [6.45, 7) is 1.19. The summed E-state index contributed by atoms with van der Waals surface area (Å²) in [5.74, 6) is -0.236. The van der Waals surface area contributed by atoms with E-state index >= 15 is 0 Å². The van der Waals surface area contributed by atoms with Crippen LogP contribution in [0.15, 0.2) is 108 Å². The number of para-hydroxylation sites is 2. The van der Waals surface area contributed by atoms with Gasteiger partial charge in [0, 0.05) is 6.54 Å². The standard InChI is InChI=1S/C30H28N4O4S/c35-30(36)18-28(22-9-2-1-3-10-22)34-39(37,38)25-13-7-12-24(17-25)23-11-6-8-21(16-23)19-31-20-29-32-26-14-4-5-15-27(26)33-29/h1-17,28,31,34H,18-20H2,(H,32,33)(H,35,36)/t28-/m1/s1. The number of aromatic nitrogens is 2. The Labute approximate surface area is 226 Å². The van der Waals surface area contributed by atoms with Gasteiger partial charge in [-0.2, -0.15) is 0 Å². The van der Waals surface area contributed by atoms with Crippen LogP contribution in [-0.4, -0.2) is 29.5 Å². The lowest BCUT2D eigenvalue weighted by Crippen LogP contribution is -2.30. The van der Waals surface area contributed by atoms with Gasteiger partial charge in [-0.3, -0.25) is 4.79 Å². The molecule has 4 N–H and O–H groups in total. The first kappa shape index (κ1) is 26.3. The number of hydrogen-bond acceptors (Lipinski definition) is 5. The zero-order valence-electron chi connectivity index (χ0n) is 21.0. The molecule has 9 heteroatoms. The van der Waals surface area contributed by atoms with Gasteiger partial charge in [-0.25, -0.2) is 18.1 Å². The molecule has 1 heterocycles. The summed E-state index contributed by atoms with van der Waals surface area (Å²) < 4.78 is 29.1. The summed E-state index contributed by atoms with van der Waals surface area (Å²) in [5.41, 5.74) is 5.17. The Hall–Kier alpha value is -4.31. The number of rotatable bonds is 11. The number of fused-ring (bicyclic) bond motifs is 1. The molecule has 8 nitrogen and oxygen atoms in total. The molecule has 5 rings (SSSR count). The smallest absolute Gasteiger partial charge is 0.305 e. The molecule has 0 saturated carbocycles. The summed E-state index contributed by atoms with van der Waals surface area (Å²) in [6.07, 6.45) is -0.369. The molecule has 0 fully saturated rings. The van der Waals surface area contributed by atoms with Gasteiger partial charge in [-0.15, -0.1) is 0 Å². The minimum Gasteiger partial charge on any atom is -0.481 e. The van der Waals surface area contributed by atoms with E-state index in [2.05, 4.69) is 20.0 Å². The minimum atomic E-state index is -3.99. The number of imidazole rings is 1. The van der Waals surface area contributed by atoms with E-state index in [1.807, 2.05) is 54.6 Å². The van der Waals surface area contributed by atoms with E-state index in [9.17, 15) is 18.3 Å². The Balaban J connectivity index is 1.30. The number of hydrogen-bond donors (Lipinski definition) is 4. The second-order valence-electron chi connectivity index (χ2n) is 9.21. The second kappa shape index (κ2) is 11.6. The van der Waals surface area contributed by atoms with E-state index in [1.54, 1.807) is 42.5 Å². The van der Waals surface area contributed by atoms with Crippen molar-refractivity contribution in [2.75, 3.05) is 0 Å². The van der Waals surface area contributed by atoms with Crippen molar-refractivity contribution in [3.8, 4) is 11.1 Å². The Kier molecular flexibility index (Phi) is 7.83. The second-order valence-corrected chi connectivity index (χ2v) is 10.9. The van der Waals surface area contributed by atoms with Crippen molar-refractivity contribution in [2.24, 2.45) is 0 Å². The number of carboxylic acids is 1. The Morgan fingerprint density at radius 2 is 1.56 bits per heavy atom. The van der Waals surface area contributed by atoms with Crippen LogP contribution in [0.25, 0.3) is 22.2 Å². The lowest BCUT2D eigenvalue weighted by atomic mass is 10.0. The van der Waals surface area contributed by atoms with Crippen LogP contribution < -0.4 is 10.0 Å².